The summed E-state index contributed by atoms with van der Waals surface area (Å²) in [5.74, 6) is 1.39. The summed E-state index contributed by atoms with van der Waals surface area (Å²) >= 11 is 7.59. The Labute approximate surface area is 182 Å². The molecule has 154 valence electrons. The Hall–Kier alpha value is -2.84. The van der Waals surface area contributed by atoms with E-state index in [2.05, 4.69) is 31.5 Å². The van der Waals surface area contributed by atoms with Gasteiger partial charge < -0.3 is 14.8 Å². The SMILES string of the molecule is Cc1ccc2nc(SCc3noc(CCC(=O)Nc4cccc(Cl)c4C)n3)[nH]c2c1. The van der Waals surface area contributed by atoms with Gasteiger partial charge in [-0.25, -0.2) is 4.98 Å². The number of nitrogens with one attached hydrogen (secondary N) is 2. The van der Waals surface area contributed by atoms with Gasteiger partial charge in [0.1, 0.15) is 0 Å². The second-order valence-corrected chi connectivity index (χ2v) is 8.29. The number of amides is 1. The van der Waals surface area contributed by atoms with Crippen molar-refractivity contribution in [1.29, 1.82) is 0 Å². The number of aromatic nitrogens is 4. The first kappa shape index (κ1) is 20.4. The van der Waals surface area contributed by atoms with Crippen molar-refractivity contribution in [2.75, 3.05) is 5.32 Å². The van der Waals surface area contributed by atoms with Crippen molar-refractivity contribution in [2.45, 2.75) is 37.6 Å². The zero-order valence-electron chi connectivity index (χ0n) is 16.5. The van der Waals surface area contributed by atoms with Crippen LogP contribution in [0.2, 0.25) is 5.02 Å². The number of anilines is 1. The molecular formula is C21H20ClN5O2S. The van der Waals surface area contributed by atoms with Crippen molar-refractivity contribution in [1.82, 2.24) is 20.1 Å². The molecule has 0 saturated heterocycles. The van der Waals surface area contributed by atoms with Crippen LogP contribution in [-0.4, -0.2) is 26.0 Å². The lowest BCUT2D eigenvalue weighted by Crippen LogP contribution is -2.13. The van der Waals surface area contributed by atoms with Crippen molar-refractivity contribution in [3.05, 3.63) is 64.3 Å². The molecule has 0 aliphatic heterocycles. The summed E-state index contributed by atoms with van der Waals surface area (Å²) in [6.07, 6.45) is 0.608. The standard InChI is InChI=1S/C21H20ClN5O2S/c1-12-6-7-16-17(10-12)25-21(24-16)30-11-18-26-20(29-27-18)9-8-19(28)23-15-5-3-4-14(22)13(15)2/h3-7,10H,8-9,11H2,1-2H3,(H,23,28)(H,24,25). The summed E-state index contributed by atoms with van der Waals surface area (Å²) in [6.45, 7) is 3.91. The van der Waals surface area contributed by atoms with Gasteiger partial charge in [-0.15, -0.1) is 0 Å². The molecule has 7 nitrogen and oxygen atoms in total. The van der Waals surface area contributed by atoms with Gasteiger partial charge >= 0.3 is 0 Å². The number of imidazole rings is 1. The van der Waals surface area contributed by atoms with Crippen LogP contribution in [0.4, 0.5) is 5.69 Å². The first-order chi connectivity index (χ1) is 14.5. The highest BCUT2D eigenvalue weighted by molar-refractivity contribution is 7.98. The molecule has 0 unspecified atom stereocenters. The lowest BCUT2D eigenvalue weighted by Gasteiger charge is -2.08. The maximum absolute atomic E-state index is 12.2. The highest BCUT2D eigenvalue weighted by Crippen LogP contribution is 2.24. The Morgan fingerprint density at radius 1 is 1.23 bits per heavy atom. The van der Waals surface area contributed by atoms with Gasteiger partial charge in [0.2, 0.25) is 11.8 Å². The van der Waals surface area contributed by atoms with Crippen molar-refractivity contribution < 1.29 is 9.32 Å². The molecule has 0 bridgehead atoms. The molecule has 0 aliphatic rings. The number of hydrogen-bond donors (Lipinski definition) is 2. The molecule has 0 aliphatic carbocycles. The third-order valence-corrected chi connectivity index (χ3v) is 5.85. The summed E-state index contributed by atoms with van der Waals surface area (Å²) in [7, 11) is 0. The molecule has 4 rings (SSSR count). The van der Waals surface area contributed by atoms with E-state index in [1.165, 1.54) is 17.3 Å². The van der Waals surface area contributed by atoms with E-state index < -0.39 is 0 Å². The Morgan fingerprint density at radius 2 is 2.10 bits per heavy atom. The largest absolute Gasteiger partial charge is 0.339 e. The van der Waals surface area contributed by atoms with Crippen molar-refractivity contribution in [3.8, 4) is 0 Å². The van der Waals surface area contributed by atoms with E-state index in [1.54, 1.807) is 12.1 Å². The molecule has 0 fully saturated rings. The number of H-pyrrole nitrogens is 1. The van der Waals surface area contributed by atoms with Crippen LogP contribution in [0.3, 0.4) is 0 Å². The van der Waals surface area contributed by atoms with Crippen LogP contribution >= 0.6 is 23.4 Å². The fourth-order valence-electron chi connectivity index (χ4n) is 2.93. The van der Waals surface area contributed by atoms with E-state index in [9.17, 15) is 4.79 Å². The third kappa shape index (κ3) is 4.83. The molecule has 2 N–H and O–H groups in total. The Bertz CT molecular complexity index is 1200. The van der Waals surface area contributed by atoms with E-state index in [0.29, 0.717) is 34.6 Å². The molecule has 9 heteroatoms. The van der Waals surface area contributed by atoms with E-state index in [-0.39, 0.29) is 12.3 Å². The number of carbonyl (C=O) groups excluding carboxylic acids is 1. The van der Waals surface area contributed by atoms with Crippen molar-refractivity contribution >= 4 is 46.0 Å². The molecule has 0 spiro atoms. The Kier molecular flexibility index (Phi) is 6.06. The number of aryl methyl sites for hydroxylation is 2. The summed E-state index contributed by atoms with van der Waals surface area (Å²) < 4.78 is 5.27. The molecule has 30 heavy (non-hydrogen) atoms. The van der Waals surface area contributed by atoms with E-state index in [1.807, 2.05) is 32.0 Å². The predicted molar refractivity (Wildman–Crippen MR) is 118 cm³/mol. The van der Waals surface area contributed by atoms with Gasteiger partial charge in [-0.2, -0.15) is 4.98 Å². The maximum atomic E-state index is 12.2. The minimum Gasteiger partial charge on any atom is -0.339 e. The monoisotopic (exact) mass is 441 g/mol. The molecule has 4 aromatic rings. The number of hydrogen-bond acceptors (Lipinski definition) is 6. The molecule has 2 heterocycles. The number of rotatable bonds is 7. The number of nitrogens with zero attached hydrogens (tertiary/aromatic N) is 3. The van der Waals surface area contributed by atoms with Gasteiger partial charge in [-0.1, -0.05) is 40.7 Å². The minimum atomic E-state index is -0.132. The topological polar surface area (TPSA) is 96.7 Å². The second-order valence-electron chi connectivity index (χ2n) is 6.92. The van der Waals surface area contributed by atoms with Crippen LogP contribution in [0.25, 0.3) is 11.0 Å². The van der Waals surface area contributed by atoms with Gasteiger partial charge in [0, 0.05) is 23.6 Å². The van der Waals surface area contributed by atoms with Gasteiger partial charge in [-0.3, -0.25) is 4.79 Å². The number of thioether (sulfide) groups is 1. The molecular weight excluding hydrogens is 422 g/mol. The van der Waals surface area contributed by atoms with Gasteiger partial charge in [0.25, 0.3) is 0 Å². The average molecular weight is 442 g/mol. The normalized spacial score (nSPS) is 11.2. The molecule has 2 aromatic carbocycles. The molecule has 0 radical (unpaired) electrons. The number of fused-ring (bicyclic) bond motifs is 1. The summed E-state index contributed by atoms with van der Waals surface area (Å²) in [4.78, 5) is 24.4. The summed E-state index contributed by atoms with van der Waals surface area (Å²) in [5.41, 5.74) is 4.66. The lowest BCUT2D eigenvalue weighted by atomic mass is 10.2. The number of aromatic amines is 1. The molecule has 1 amide bonds. The molecule has 0 saturated carbocycles. The van der Waals surface area contributed by atoms with Crippen LogP contribution in [0.5, 0.6) is 0 Å². The van der Waals surface area contributed by atoms with Crippen molar-refractivity contribution in [2.24, 2.45) is 0 Å². The van der Waals surface area contributed by atoms with E-state index in [0.717, 1.165) is 21.8 Å². The number of benzene rings is 2. The van der Waals surface area contributed by atoms with Crippen molar-refractivity contribution in [3.63, 3.8) is 0 Å². The fraction of sp³-hybridized carbons (Fsp3) is 0.238. The quantitative estimate of drug-likeness (QED) is 0.388. The fourth-order valence-corrected chi connectivity index (χ4v) is 3.83. The highest BCUT2D eigenvalue weighted by atomic mass is 35.5. The maximum Gasteiger partial charge on any atom is 0.227 e. The molecule has 0 atom stereocenters. The number of carbonyl (C=O) groups is 1. The zero-order valence-corrected chi connectivity index (χ0v) is 18.1. The summed E-state index contributed by atoms with van der Waals surface area (Å²) in [5, 5.41) is 8.27. The first-order valence-corrected chi connectivity index (χ1v) is 10.8. The van der Waals surface area contributed by atoms with Gasteiger partial charge in [0.05, 0.1) is 16.8 Å². The second kappa shape index (κ2) is 8.89. The highest BCUT2D eigenvalue weighted by Gasteiger charge is 2.12. The molecule has 2 aromatic heterocycles. The van der Waals surface area contributed by atoms with E-state index in [4.69, 9.17) is 16.1 Å². The van der Waals surface area contributed by atoms with Crippen LogP contribution in [-0.2, 0) is 17.0 Å². The Morgan fingerprint density at radius 3 is 2.97 bits per heavy atom. The lowest BCUT2D eigenvalue weighted by molar-refractivity contribution is -0.116. The van der Waals surface area contributed by atoms with Gasteiger partial charge in [0.15, 0.2) is 11.0 Å². The minimum absolute atomic E-state index is 0.132. The average Bonchev–Trinajstić information content (AvgIpc) is 3.34. The van der Waals surface area contributed by atoms with Crippen LogP contribution < -0.4 is 5.32 Å². The van der Waals surface area contributed by atoms with E-state index >= 15 is 0 Å². The van der Waals surface area contributed by atoms with Crippen LogP contribution in [0, 0.1) is 13.8 Å². The predicted octanol–water partition coefficient (Wildman–Crippen LogP) is 5.08. The summed E-state index contributed by atoms with van der Waals surface area (Å²) in [6, 6.07) is 11.5. The Balaban J connectivity index is 1.29. The van der Waals surface area contributed by atoms with Crippen LogP contribution in [0.1, 0.15) is 29.3 Å². The zero-order chi connectivity index (χ0) is 21.1. The van der Waals surface area contributed by atoms with Crippen LogP contribution in [0.15, 0.2) is 46.1 Å². The third-order valence-electron chi connectivity index (χ3n) is 4.57. The van der Waals surface area contributed by atoms with Gasteiger partial charge in [-0.05, 0) is 49.2 Å². The number of halogens is 1. The smallest absolute Gasteiger partial charge is 0.227 e. The first-order valence-electron chi connectivity index (χ1n) is 9.43.